The number of carbonyl (C=O) groups excluding carboxylic acids is 1. The molecule has 26 heavy (non-hydrogen) atoms. The number of ether oxygens (including phenoxy) is 1. The fourth-order valence-corrected chi connectivity index (χ4v) is 3.73. The number of carbonyl (C=O) groups is 1. The van der Waals surface area contributed by atoms with Crippen LogP contribution in [0.3, 0.4) is 0 Å². The standard InChI is InChI=1S/C20H23NO5/c1-13(19(22)21-10-4-5-11-24-21)25-14-8-9-16-15-6-2-3-7-17(15)20(23)26-18(16)12-14/h8-9,12-13H,2-7,10-11H2,1H3. The van der Waals surface area contributed by atoms with Crippen molar-refractivity contribution in [3.63, 3.8) is 0 Å². The van der Waals surface area contributed by atoms with Gasteiger partial charge in [-0.15, -0.1) is 0 Å². The molecule has 0 spiro atoms. The molecule has 0 radical (unpaired) electrons. The largest absolute Gasteiger partial charge is 0.481 e. The number of fused-ring (bicyclic) bond motifs is 3. The van der Waals surface area contributed by atoms with Gasteiger partial charge in [0.2, 0.25) is 0 Å². The fraction of sp³-hybridized carbons (Fsp3) is 0.500. The van der Waals surface area contributed by atoms with E-state index in [0.717, 1.165) is 55.0 Å². The van der Waals surface area contributed by atoms with Gasteiger partial charge in [-0.2, -0.15) is 0 Å². The summed E-state index contributed by atoms with van der Waals surface area (Å²) in [4.78, 5) is 30.0. The summed E-state index contributed by atoms with van der Waals surface area (Å²) in [6.45, 7) is 2.85. The number of hydrogen-bond acceptors (Lipinski definition) is 5. The van der Waals surface area contributed by atoms with Crippen LogP contribution < -0.4 is 10.4 Å². The Balaban J connectivity index is 1.57. The third-order valence-corrected chi connectivity index (χ3v) is 5.10. The van der Waals surface area contributed by atoms with E-state index in [1.165, 1.54) is 5.06 Å². The van der Waals surface area contributed by atoms with Gasteiger partial charge in [0, 0.05) is 23.6 Å². The number of hydrogen-bond donors (Lipinski definition) is 0. The van der Waals surface area contributed by atoms with E-state index in [9.17, 15) is 9.59 Å². The second-order valence-corrected chi connectivity index (χ2v) is 6.95. The zero-order valence-corrected chi connectivity index (χ0v) is 15.0. The minimum atomic E-state index is -0.671. The first-order valence-corrected chi connectivity index (χ1v) is 9.33. The Morgan fingerprint density at radius 3 is 2.73 bits per heavy atom. The lowest BCUT2D eigenvalue weighted by atomic mass is 9.91. The normalized spacial score (nSPS) is 18.4. The zero-order chi connectivity index (χ0) is 18.1. The second-order valence-electron chi connectivity index (χ2n) is 6.95. The van der Waals surface area contributed by atoms with Gasteiger partial charge < -0.3 is 9.15 Å². The quantitative estimate of drug-likeness (QED) is 0.790. The number of aryl methyl sites for hydroxylation is 1. The highest BCUT2D eigenvalue weighted by molar-refractivity contribution is 5.83. The molecule has 1 aromatic carbocycles. The SMILES string of the molecule is CC(Oc1ccc2c3c(c(=O)oc2c1)CCCC3)C(=O)N1CCCCO1. The summed E-state index contributed by atoms with van der Waals surface area (Å²) in [5, 5.41) is 2.34. The Bertz CT molecular complexity index is 882. The molecular weight excluding hydrogens is 334 g/mol. The van der Waals surface area contributed by atoms with Gasteiger partial charge in [0.25, 0.3) is 5.91 Å². The Hall–Kier alpha value is -2.34. The minimum Gasteiger partial charge on any atom is -0.481 e. The zero-order valence-electron chi connectivity index (χ0n) is 15.0. The summed E-state index contributed by atoms with van der Waals surface area (Å²) in [5.74, 6) is 0.311. The summed E-state index contributed by atoms with van der Waals surface area (Å²) in [6, 6.07) is 5.46. The molecule has 0 bridgehead atoms. The third kappa shape index (κ3) is 3.21. The van der Waals surface area contributed by atoms with Crippen molar-refractivity contribution in [2.24, 2.45) is 0 Å². The third-order valence-electron chi connectivity index (χ3n) is 5.10. The molecule has 2 heterocycles. The summed E-state index contributed by atoms with van der Waals surface area (Å²) in [7, 11) is 0. The average molecular weight is 357 g/mol. The highest BCUT2D eigenvalue weighted by atomic mass is 16.7. The Labute approximate surface area is 151 Å². The van der Waals surface area contributed by atoms with E-state index >= 15 is 0 Å². The van der Waals surface area contributed by atoms with Crippen LogP contribution in [0.15, 0.2) is 27.4 Å². The first-order chi connectivity index (χ1) is 12.6. The monoisotopic (exact) mass is 357 g/mol. The fourth-order valence-electron chi connectivity index (χ4n) is 3.73. The summed E-state index contributed by atoms with van der Waals surface area (Å²) in [6.07, 6.45) is 5.03. The number of rotatable bonds is 3. The van der Waals surface area contributed by atoms with E-state index in [2.05, 4.69) is 0 Å². The van der Waals surface area contributed by atoms with E-state index in [4.69, 9.17) is 14.0 Å². The highest BCUT2D eigenvalue weighted by Crippen LogP contribution is 2.29. The van der Waals surface area contributed by atoms with Crippen molar-refractivity contribution in [1.29, 1.82) is 0 Å². The molecule has 6 heteroatoms. The van der Waals surface area contributed by atoms with Gasteiger partial charge >= 0.3 is 5.63 Å². The van der Waals surface area contributed by atoms with Crippen molar-refractivity contribution < 1.29 is 18.8 Å². The van der Waals surface area contributed by atoms with Crippen LogP contribution in [0.1, 0.15) is 43.7 Å². The van der Waals surface area contributed by atoms with Crippen molar-refractivity contribution in [3.8, 4) is 5.75 Å². The maximum Gasteiger partial charge on any atom is 0.339 e. The molecule has 2 aromatic rings. The molecule has 1 atom stereocenters. The molecule has 4 rings (SSSR count). The first kappa shape index (κ1) is 17.1. The summed E-state index contributed by atoms with van der Waals surface area (Å²) >= 11 is 0. The molecule has 6 nitrogen and oxygen atoms in total. The van der Waals surface area contributed by atoms with Crippen LogP contribution in [0.2, 0.25) is 0 Å². The smallest absolute Gasteiger partial charge is 0.339 e. The molecule has 1 aromatic heterocycles. The molecule has 0 saturated carbocycles. The van der Waals surface area contributed by atoms with E-state index in [1.807, 2.05) is 12.1 Å². The van der Waals surface area contributed by atoms with Gasteiger partial charge in [-0.05, 0) is 63.1 Å². The van der Waals surface area contributed by atoms with E-state index in [1.54, 1.807) is 13.0 Å². The predicted octanol–water partition coefficient (Wildman–Crippen LogP) is 2.99. The minimum absolute atomic E-state index is 0.198. The molecule has 0 N–H and O–H groups in total. The average Bonchev–Trinajstić information content (AvgIpc) is 2.68. The number of benzene rings is 1. The second kappa shape index (κ2) is 7.11. The van der Waals surface area contributed by atoms with Crippen molar-refractivity contribution in [3.05, 3.63) is 39.7 Å². The topological polar surface area (TPSA) is 69.0 Å². The summed E-state index contributed by atoms with van der Waals surface area (Å²) in [5.41, 5.74) is 2.17. The lowest BCUT2D eigenvalue weighted by Crippen LogP contribution is -2.43. The maximum atomic E-state index is 12.4. The van der Waals surface area contributed by atoms with Gasteiger partial charge in [0.05, 0.1) is 6.61 Å². The predicted molar refractivity (Wildman–Crippen MR) is 96.1 cm³/mol. The van der Waals surface area contributed by atoms with Crippen LogP contribution in [0.5, 0.6) is 5.75 Å². The van der Waals surface area contributed by atoms with Crippen molar-refractivity contribution in [2.45, 2.75) is 51.6 Å². The molecule has 138 valence electrons. The van der Waals surface area contributed by atoms with Crippen LogP contribution in [-0.2, 0) is 22.5 Å². The van der Waals surface area contributed by atoms with Gasteiger partial charge in [-0.25, -0.2) is 9.86 Å². The van der Waals surface area contributed by atoms with Crippen molar-refractivity contribution >= 4 is 16.9 Å². The van der Waals surface area contributed by atoms with Crippen LogP contribution in [0.25, 0.3) is 11.0 Å². The number of hydroxylamine groups is 2. The first-order valence-electron chi connectivity index (χ1n) is 9.33. The lowest BCUT2D eigenvalue weighted by Gasteiger charge is -2.28. The number of nitrogens with zero attached hydrogens (tertiary/aromatic N) is 1. The van der Waals surface area contributed by atoms with E-state index < -0.39 is 6.10 Å². The molecule has 1 amide bonds. The molecule has 1 aliphatic carbocycles. The molecule has 1 saturated heterocycles. The Morgan fingerprint density at radius 1 is 1.15 bits per heavy atom. The Morgan fingerprint density at radius 2 is 1.96 bits per heavy atom. The van der Waals surface area contributed by atoms with Crippen LogP contribution in [0, 0.1) is 0 Å². The van der Waals surface area contributed by atoms with Gasteiger partial charge in [-0.1, -0.05) is 0 Å². The van der Waals surface area contributed by atoms with E-state index in [0.29, 0.717) is 24.5 Å². The van der Waals surface area contributed by atoms with Crippen LogP contribution in [-0.4, -0.2) is 30.2 Å². The van der Waals surface area contributed by atoms with Crippen LogP contribution >= 0.6 is 0 Å². The molecular formula is C20H23NO5. The van der Waals surface area contributed by atoms with Gasteiger partial charge in [-0.3, -0.25) is 9.63 Å². The Kier molecular flexibility index (Phi) is 4.68. The van der Waals surface area contributed by atoms with Gasteiger partial charge in [0.15, 0.2) is 6.10 Å². The highest BCUT2D eigenvalue weighted by Gasteiger charge is 2.25. The van der Waals surface area contributed by atoms with Crippen molar-refractivity contribution in [1.82, 2.24) is 5.06 Å². The molecule has 1 aliphatic heterocycles. The summed E-state index contributed by atoms with van der Waals surface area (Å²) < 4.78 is 11.3. The van der Waals surface area contributed by atoms with Crippen LogP contribution in [0.4, 0.5) is 0 Å². The number of amides is 1. The molecule has 2 aliphatic rings. The molecule has 1 unspecified atom stereocenters. The van der Waals surface area contributed by atoms with Gasteiger partial charge in [0.1, 0.15) is 11.3 Å². The maximum absolute atomic E-state index is 12.4. The lowest BCUT2D eigenvalue weighted by molar-refractivity contribution is -0.202. The van der Waals surface area contributed by atoms with Crippen molar-refractivity contribution in [2.75, 3.05) is 13.2 Å². The molecule has 1 fully saturated rings. The van der Waals surface area contributed by atoms with E-state index in [-0.39, 0.29) is 11.5 Å².